The van der Waals surface area contributed by atoms with E-state index in [1.54, 1.807) is 24.9 Å². The van der Waals surface area contributed by atoms with Crippen molar-refractivity contribution in [1.29, 1.82) is 0 Å². The Kier molecular flexibility index (Phi) is 5.45. The molecule has 0 aliphatic carbocycles. The molecule has 0 fully saturated rings. The van der Waals surface area contributed by atoms with E-state index in [1.807, 2.05) is 18.2 Å². The van der Waals surface area contributed by atoms with Crippen LogP contribution in [0.2, 0.25) is 5.02 Å². The topological polar surface area (TPSA) is 40.5 Å². The summed E-state index contributed by atoms with van der Waals surface area (Å²) in [5.41, 5.74) is 0.836. The highest BCUT2D eigenvalue weighted by Crippen LogP contribution is 2.16. The minimum Gasteiger partial charge on any atom is -0.393 e. The molecule has 1 atom stereocenters. The Morgan fingerprint density at radius 2 is 2.12 bits per heavy atom. The molecule has 0 heterocycles. The van der Waals surface area contributed by atoms with Crippen LogP contribution in [-0.2, 0) is 11.2 Å². The van der Waals surface area contributed by atoms with Gasteiger partial charge in [0.1, 0.15) is 0 Å². The molecule has 17 heavy (non-hydrogen) atoms. The van der Waals surface area contributed by atoms with Gasteiger partial charge in [-0.1, -0.05) is 29.8 Å². The number of hydrogen-bond acceptors (Lipinski definition) is 2. The van der Waals surface area contributed by atoms with E-state index in [9.17, 15) is 4.79 Å². The third kappa shape index (κ3) is 4.75. The average molecular weight is 256 g/mol. The smallest absolute Gasteiger partial charge is 0.226 e. The van der Waals surface area contributed by atoms with Crippen LogP contribution >= 0.6 is 11.6 Å². The first-order chi connectivity index (χ1) is 8.00. The number of halogens is 1. The van der Waals surface area contributed by atoms with Crippen molar-refractivity contribution in [1.82, 2.24) is 4.90 Å². The molecule has 1 aromatic rings. The summed E-state index contributed by atoms with van der Waals surface area (Å²) in [7, 11) is 1.74. The molecule has 0 radical (unpaired) electrons. The fraction of sp³-hybridized carbons (Fsp3) is 0.462. The number of aliphatic hydroxyl groups excluding tert-OH is 1. The standard InChI is InChI=1S/C13H18ClNO2/c1-10(16)7-8-15(2)13(17)9-11-5-3-4-6-12(11)14/h3-6,10,16H,7-9H2,1-2H3. The maximum atomic E-state index is 11.9. The summed E-state index contributed by atoms with van der Waals surface area (Å²) in [5, 5.41) is 9.77. The molecule has 1 aromatic carbocycles. The van der Waals surface area contributed by atoms with Crippen LogP contribution in [0, 0.1) is 0 Å². The molecule has 0 aliphatic heterocycles. The second kappa shape index (κ2) is 6.62. The highest BCUT2D eigenvalue weighted by Gasteiger charge is 2.11. The van der Waals surface area contributed by atoms with Gasteiger partial charge in [-0.2, -0.15) is 0 Å². The maximum absolute atomic E-state index is 11.9. The van der Waals surface area contributed by atoms with E-state index in [4.69, 9.17) is 16.7 Å². The lowest BCUT2D eigenvalue weighted by molar-refractivity contribution is -0.129. The Labute approximate surface area is 107 Å². The van der Waals surface area contributed by atoms with Gasteiger partial charge < -0.3 is 10.0 Å². The molecule has 0 saturated carbocycles. The predicted octanol–water partition coefficient (Wildman–Crippen LogP) is 2.11. The Hall–Kier alpha value is -1.06. The zero-order chi connectivity index (χ0) is 12.8. The Morgan fingerprint density at radius 1 is 1.47 bits per heavy atom. The highest BCUT2D eigenvalue weighted by atomic mass is 35.5. The van der Waals surface area contributed by atoms with Crippen LogP contribution in [0.4, 0.5) is 0 Å². The summed E-state index contributed by atoms with van der Waals surface area (Å²) in [6.45, 7) is 2.27. The fourth-order valence-electron chi connectivity index (χ4n) is 1.44. The summed E-state index contributed by atoms with van der Waals surface area (Å²) in [5.74, 6) is 0.0127. The molecule has 0 saturated heterocycles. The number of aliphatic hydroxyl groups is 1. The highest BCUT2D eigenvalue weighted by molar-refractivity contribution is 6.31. The quantitative estimate of drug-likeness (QED) is 0.876. The molecule has 0 bridgehead atoms. The SMILES string of the molecule is CC(O)CCN(C)C(=O)Cc1ccccc1Cl. The van der Waals surface area contributed by atoms with Crippen LogP contribution in [0.3, 0.4) is 0 Å². The van der Waals surface area contributed by atoms with Crippen molar-refractivity contribution in [3.05, 3.63) is 34.9 Å². The van der Waals surface area contributed by atoms with Gasteiger partial charge in [0.05, 0.1) is 12.5 Å². The third-order valence-electron chi connectivity index (χ3n) is 2.61. The van der Waals surface area contributed by atoms with Crippen LogP contribution in [0.5, 0.6) is 0 Å². The van der Waals surface area contributed by atoms with Crippen LogP contribution < -0.4 is 0 Å². The summed E-state index contributed by atoms with van der Waals surface area (Å²) in [6.07, 6.45) is 0.506. The van der Waals surface area contributed by atoms with Gasteiger partial charge in [-0.05, 0) is 25.0 Å². The summed E-state index contributed by atoms with van der Waals surface area (Å²) < 4.78 is 0. The van der Waals surface area contributed by atoms with Gasteiger partial charge in [0, 0.05) is 18.6 Å². The number of benzene rings is 1. The number of nitrogens with zero attached hydrogens (tertiary/aromatic N) is 1. The third-order valence-corrected chi connectivity index (χ3v) is 2.98. The van der Waals surface area contributed by atoms with Crippen LogP contribution in [0.1, 0.15) is 18.9 Å². The largest absolute Gasteiger partial charge is 0.393 e. The number of carbonyl (C=O) groups excluding carboxylic acids is 1. The molecular weight excluding hydrogens is 238 g/mol. The monoisotopic (exact) mass is 255 g/mol. The summed E-state index contributed by atoms with van der Waals surface area (Å²) in [4.78, 5) is 13.5. The van der Waals surface area contributed by atoms with Crippen LogP contribution in [0.25, 0.3) is 0 Å². The molecule has 94 valence electrons. The first kappa shape index (κ1) is 14.0. The van der Waals surface area contributed by atoms with Crippen molar-refractivity contribution < 1.29 is 9.90 Å². The normalized spacial score (nSPS) is 12.2. The van der Waals surface area contributed by atoms with Gasteiger partial charge in [0.2, 0.25) is 5.91 Å². The van der Waals surface area contributed by atoms with Crippen molar-refractivity contribution in [3.8, 4) is 0 Å². The first-order valence-electron chi connectivity index (χ1n) is 5.66. The molecule has 1 N–H and O–H groups in total. The molecular formula is C13H18ClNO2. The van der Waals surface area contributed by atoms with Gasteiger partial charge in [0.15, 0.2) is 0 Å². The number of likely N-dealkylation sites (N-methyl/N-ethyl adjacent to an activating group) is 1. The number of carbonyl (C=O) groups is 1. The van der Waals surface area contributed by atoms with Crippen LogP contribution in [-0.4, -0.2) is 35.6 Å². The van der Waals surface area contributed by atoms with E-state index >= 15 is 0 Å². The van der Waals surface area contributed by atoms with E-state index in [-0.39, 0.29) is 12.0 Å². The molecule has 1 rings (SSSR count). The fourth-order valence-corrected chi connectivity index (χ4v) is 1.65. The number of rotatable bonds is 5. The average Bonchev–Trinajstić information content (AvgIpc) is 2.28. The Morgan fingerprint density at radius 3 is 2.71 bits per heavy atom. The molecule has 0 spiro atoms. The van der Waals surface area contributed by atoms with E-state index in [2.05, 4.69) is 0 Å². The lowest BCUT2D eigenvalue weighted by Crippen LogP contribution is -2.30. The minimum atomic E-state index is -0.384. The second-order valence-electron chi connectivity index (χ2n) is 4.22. The first-order valence-corrected chi connectivity index (χ1v) is 6.04. The van der Waals surface area contributed by atoms with Crippen molar-refractivity contribution in [2.75, 3.05) is 13.6 Å². The second-order valence-corrected chi connectivity index (χ2v) is 4.63. The predicted molar refractivity (Wildman–Crippen MR) is 69.1 cm³/mol. The van der Waals surface area contributed by atoms with Crippen molar-refractivity contribution in [2.24, 2.45) is 0 Å². The maximum Gasteiger partial charge on any atom is 0.226 e. The Bertz CT molecular complexity index is 379. The zero-order valence-corrected chi connectivity index (χ0v) is 10.9. The van der Waals surface area contributed by atoms with Crippen molar-refractivity contribution in [3.63, 3.8) is 0 Å². The van der Waals surface area contributed by atoms with E-state index in [0.717, 1.165) is 5.56 Å². The molecule has 1 unspecified atom stereocenters. The summed E-state index contributed by atoms with van der Waals surface area (Å²) >= 11 is 5.99. The number of amides is 1. The molecule has 1 amide bonds. The van der Waals surface area contributed by atoms with Gasteiger partial charge in [0.25, 0.3) is 0 Å². The van der Waals surface area contributed by atoms with E-state index in [1.165, 1.54) is 0 Å². The van der Waals surface area contributed by atoms with Crippen molar-refractivity contribution >= 4 is 17.5 Å². The van der Waals surface area contributed by atoms with Gasteiger partial charge >= 0.3 is 0 Å². The molecule has 4 heteroatoms. The van der Waals surface area contributed by atoms with Gasteiger partial charge in [-0.25, -0.2) is 0 Å². The van der Waals surface area contributed by atoms with Crippen molar-refractivity contribution in [2.45, 2.75) is 25.9 Å². The van der Waals surface area contributed by atoms with Gasteiger partial charge in [-0.15, -0.1) is 0 Å². The van der Waals surface area contributed by atoms with E-state index in [0.29, 0.717) is 24.4 Å². The lowest BCUT2D eigenvalue weighted by Gasteiger charge is -2.18. The number of hydrogen-bond donors (Lipinski definition) is 1. The summed E-state index contributed by atoms with van der Waals surface area (Å²) in [6, 6.07) is 7.33. The Balaban J connectivity index is 2.52. The van der Waals surface area contributed by atoms with E-state index < -0.39 is 0 Å². The zero-order valence-electron chi connectivity index (χ0n) is 10.2. The van der Waals surface area contributed by atoms with Crippen LogP contribution in [0.15, 0.2) is 24.3 Å². The molecule has 0 aliphatic rings. The lowest BCUT2D eigenvalue weighted by atomic mass is 10.1. The van der Waals surface area contributed by atoms with Gasteiger partial charge in [-0.3, -0.25) is 4.79 Å². The molecule has 0 aromatic heterocycles. The molecule has 3 nitrogen and oxygen atoms in total. The minimum absolute atomic E-state index is 0.0127.